The van der Waals surface area contributed by atoms with Gasteiger partial charge in [-0.15, -0.1) is 24.8 Å². The Kier molecular flexibility index (Phi) is 9.66. The van der Waals surface area contributed by atoms with Crippen LogP contribution in [0.4, 0.5) is 18.9 Å². The molecule has 1 aliphatic rings. The van der Waals surface area contributed by atoms with Gasteiger partial charge in [-0.3, -0.25) is 9.78 Å². The van der Waals surface area contributed by atoms with Crippen LogP contribution in [0, 0.1) is 11.3 Å². The summed E-state index contributed by atoms with van der Waals surface area (Å²) in [5.74, 6) is -0.333. The molecule has 184 valence electrons. The number of rotatable bonds is 5. The smallest absolute Gasteiger partial charge is 0.358 e. The molecule has 1 aromatic heterocycles. The van der Waals surface area contributed by atoms with Crippen molar-refractivity contribution in [3.05, 3.63) is 64.6 Å². The van der Waals surface area contributed by atoms with Crippen LogP contribution in [-0.2, 0) is 20.8 Å². The highest BCUT2D eigenvalue weighted by molar-refractivity contribution is 7.90. The zero-order valence-corrected chi connectivity index (χ0v) is 20.2. The minimum absolute atomic E-state index is 0. The molecule has 13 heteroatoms. The van der Waals surface area contributed by atoms with E-state index in [1.165, 1.54) is 24.3 Å². The fourth-order valence-electron chi connectivity index (χ4n) is 3.53. The zero-order valence-electron chi connectivity index (χ0n) is 17.7. The van der Waals surface area contributed by atoms with Crippen LogP contribution < -0.4 is 11.1 Å². The largest absolute Gasteiger partial charge is 0.433 e. The maximum absolute atomic E-state index is 13.0. The fraction of sp³-hybridized carbons (Fsp3) is 0.286. The van der Waals surface area contributed by atoms with Gasteiger partial charge in [0.15, 0.2) is 15.6 Å². The lowest BCUT2D eigenvalue weighted by atomic mass is 9.86. The highest BCUT2D eigenvalue weighted by atomic mass is 35.5. The van der Waals surface area contributed by atoms with Crippen molar-refractivity contribution in [2.24, 2.45) is 5.73 Å². The zero-order chi connectivity index (χ0) is 23.7. The molecule has 1 atom stereocenters. The molecule has 0 saturated heterocycles. The van der Waals surface area contributed by atoms with Crippen molar-refractivity contribution in [2.75, 3.05) is 11.6 Å². The molecular formula is C21H21Cl2F3N4O3S. The van der Waals surface area contributed by atoms with E-state index in [4.69, 9.17) is 11.0 Å². The molecule has 0 spiro atoms. The molecule has 7 nitrogen and oxygen atoms in total. The van der Waals surface area contributed by atoms with E-state index < -0.39 is 27.7 Å². The van der Waals surface area contributed by atoms with E-state index in [2.05, 4.69) is 10.3 Å². The summed E-state index contributed by atoms with van der Waals surface area (Å²) in [5, 5.41) is 11.9. The Balaban J connectivity index is 0.00000289. The number of nitriles is 1. The van der Waals surface area contributed by atoms with Gasteiger partial charge in [0.05, 0.1) is 22.6 Å². The average molecular weight is 537 g/mol. The number of carbonyl (C=O) groups excluding carboxylic acids is 1. The van der Waals surface area contributed by atoms with Crippen LogP contribution in [0.25, 0.3) is 0 Å². The molecule has 3 N–H and O–H groups in total. The number of nitrogens with zero attached hydrogens (tertiary/aromatic N) is 2. The Bertz CT molecular complexity index is 1260. The number of hydrogen-bond donors (Lipinski definition) is 2. The number of nitrogens with one attached hydrogen (secondary N) is 1. The van der Waals surface area contributed by atoms with Gasteiger partial charge in [0.1, 0.15) is 5.69 Å². The van der Waals surface area contributed by atoms with Gasteiger partial charge in [-0.05, 0) is 42.7 Å². The summed E-state index contributed by atoms with van der Waals surface area (Å²) in [5.41, 5.74) is 5.96. The van der Waals surface area contributed by atoms with Crippen LogP contribution in [0.3, 0.4) is 0 Å². The minimum Gasteiger partial charge on any atom is -0.358 e. The van der Waals surface area contributed by atoms with E-state index in [0.717, 1.165) is 18.5 Å². The first kappa shape index (κ1) is 29.4. The fourth-order valence-corrected chi connectivity index (χ4v) is 4.49. The highest BCUT2D eigenvalue weighted by Crippen LogP contribution is 2.35. The van der Waals surface area contributed by atoms with Crippen molar-refractivity contribution >= 4 is 46.1 Å². The maximum Gasteiger partial charge on any atom is 0.433 e. The van der Waals surface area contributed by atoms with E-state index >= 15 is 0 Å². The summed E-state index contributed by atoms with van der Waals surface area (Å²) >= 11 is 0. The van der Waals surface area contributed by atoms with Crippen molar-refractivity contribution < 1.29 is 26.4 Å². The topological polar surface area (TPSA) is 126 Å². The summed E-state index contributed by atoms with van der Waals surface area (Å²) in [4.78, 5) is 15.9. The average Bonchev–Trinajstić information content (AvgIpc) is 2.72. The molecule has 1 heterocycles. The Morgan fingerprint density at radius 1 is 1.18 bits per heavy atom. The molecule has 0 bridgehead atoms. The number of aromatic nitrogens is 1. The van der Waals surface area contributed by atoms with Gasteiger partial charge in [0.2, 0.25) is 0 Å². The number of ketones is 1. The lowest BCUT2D eigenvalue weighted by Gasteiger charge is -2.26. The maximum atomic E-state index is 13.0. The Morgan fingerprint density at radius 3 is 2.44 bits per heavy atom. The second-order valence-corrected chi connectivity index (χ2v) is 9.32. The molecule has 0 radical (unpaired) electrons. The predicted octanol–water partition coefficient (Wildman–Crippen LogP) is 4.34. The van der Waals surface area contributed by atoms with Crippen LogP contribution in [0.5, 0.6) is 0 Å². The third kappa shape index (κ3) is 6.48. The molecule has 1 unspecified atom stereocenters. The van der Waals surface area contributed by atoms with Crippen molar-refractivity contribution in [3.63, 3.8) is 0 Å². The summed E-state index contributed by atoms with van der Waals surface area (Å²) in [6.07, 6.45) is -1.71. The van der Waals surface area contributed by atoms with Gasteiger partial charge in [-0.25, -0.2) is 8.42 Å². The Hall–Kier alpha value is -2.65. The standard InChI is InChI=1S/C21H19F3N4O3S.2ClH/c1-32(30,31)17-9-12(11-25)5-6-14(17)20(26)19-15(3-2-4-16(19)29)28-13-7-8-27-18(10-13)21(22,23)24;;/h5-10,20H,2-4,26H2,1H3,(H,27,28);2*1H. The third-order valence-electron chi connectivity index (χ3n) is 4.99. The number of alkyl halides is 3. The first-order chi connectivity index (χ1) is 14.9. The van der Waals surface area contributed by atoms with Crippen molar-refractivity contribution in [1.82, 2.24) is 4.98 Å². The lowest BCUT2D eigenvalue weighted by molar-refractivity contribution is -0.141. The molecule has 1 aromatic carbocycles. The monoisotopic (exact) mass is 536 g/mol. The van der Waals surface area contributed by atoms with Crippen molar-refractivity contribution in [2.45, 2.75) is 36.4 Å². The summed E-state index contributed by atoms with van der Waals surface area (Å²) in [7, 11) is -3.78. The molecule has 34 heavy (non-hydrogen) atoms. The molecule has 0 fully saturated rings. The number of anilines is 1. The third-order valence-corrected chi connectivity index (χ3v) is 6.14. The normalized spacial score (nSPS) is 15.0. The van der Waals surface area contributed by atoms with Gasteiger partial charge in [0.25, 0.3) is 0 Å². The van der Waals surface area contributed by atoms with Gasteiger partial charge in [-0.2, -0.15) is 18.4 Å². The Labute approximate surface area is 207 Å². The van der Waals surface area contributed by atoms with Crippen LogP contribution in [0.2, 0.25) is 0 Å². The number of hydrogen-bond acceptors (Lipinski definition) is 7. The number of nitrogens with two attached hydrogens (primary N) is 1. The molecule has 3 rings (SSSR count). The Morgan fingerprint density at radius 2 is 1.85 bits per heavy atom. The molecule has 0 saturated carbocycles. The number of pyridine rings is 1. The number of Topliss-reactive ketones (excluding diaryl/α,β-unsaturated/α-hetero) is 1. The highest BCUT2D eigenvalue weighted by Gasteiger charge is 2.33. The van der Waals surface area contributed by atoms with Crippen LogP contribution in [-0.4, -0.2) is 25.4 Å². The molecule has 1 aliphatic carbocycles. The van der Waals surface area contributed by atoms with Crippen LogP contribution in [0.1, 0.15) is 42.1 Å². The van der Waals surface area contributed by atoms with E-state index in [-0.39, 0.29) is 64.3 Å². The van der Waals surface area contributed by atoms with Crippen LogP contribution >= 0.6 is 24.8 Å². The second-order valence-electron chi connectivity index (χ2n) is 7.34. The number of sulfone groups is 1. The summed E-state index contributed by atoms with van der Waals surface area (Å²) in [6.45, 7) is 0. The van der Waals surface area contributed by atoms with Crippen molar-refractivity contribution in [1.29, 1.82) is 5.26 Å². The second kappa shape index (κ2) is 11.2. The van der Waals surface area contributed by atoms with Gasteiger partial charge in [-0.1, -0.05) is 6.07 Å². The summed E-state index contributed by atoms with van der Waals surface area (Å²) in [6, 6.07) is 6.80. The predicted molar refractivity (Wildman–Crippen MR) is 124 cm³/mol. The van der Waals surface area contributed by atoms with Gasteiger partial charge < -0.3 is 11.1 Å². The molecular weight excluding hydrogens is 516 g/mol. The van der Waals surface area contributed by atoms with Gasteiger partial charge >= 0.3 is 6.18 Å². The van der Waals surface area contributed by atoms with Gasteiger partial charge in [0, 0.05) is 35.8 Å². The molecule has 2 aromatic rings. The van der Waals surface area contributed by atoms with Crippen molar-refractivity contribution in [3.8, 4) is 6.07 Å². The van der Waals surface area contributed by atoms with E-state index in [1.807, 2.05) is 6.07 Å². The number of allylic oxidation sites excluding steroid dienone is 1. The molecule has 0 amide bonds. The number of carbonyl (C=O) groups is 1. The number of halogens is 5. The van der Waals surface area contributed by atoms with E-state index in [1.54, 1.807) is 0 Å². The first-order valence-electron chi connectivity index (χ1n) is 9.48. The number of benzene rings is 1. The van der Waals surface area contributed by atoms with Crippen LogP contribution in [0.15, 0.2) is 52.7 Å². The quantitative estimate of drug-likeness (QED) is 0.581. The molecule has 0 aliphatic heterocycles. The minimum atomic E-state index is -4.64. The summed E-state index contributed by atoms with van der Waals surface area (Å²) < 4.78 is 63.6. The SMILES string of the molecule is CS(=O)(=O)c1cc(C#N)ccc1C(N)C1=C(Nc2ccnc(C(F)(F)F)c2)CCCC1=O.Cl.Cl. The van der Waals surface area contributed by atoms with E-state index in [0.29, 0.717) is 18.5 Å². The lowest BCUT2D eigenvalue weighted by Crippen LogP contribution is -2.27. The first-order valence-corrected chi connectivity index (χ1v) is 11.4. The van der Waals surface area contributed by atoms with E-state index in [9.17, 15) is 26.4 Å².